The SMILES string of the molecule is COC(=O)C1=CO[C@@H](O[C@@H]2O[C@H](CO)[C@@H](O)[C@H](O)[C@H]2O)[C@@H]2[C@@H](C)[C@@H](O)C[C@]12O. The monoisotopic (exact) mass is 406 g/mol. The van der Waals surface area contributed by atoms with Gasteiger partial charge in [-0.1, -0.05) is 6.92 Å². The largest absolute Gasteiger partial charge is 0.471 e. The number of rotatable bonds is 4. The number of aliphatic hydroxyl groups excluding tert-OH is 5. The maximum absolute atomic E-state index is 12.0. The molecule has 10 atom stereocenters. The standard InChI is InChI=1S/C17H26O11/c1-6-8(19)3-17(24)7(14(23)25-2)5-26-15(10(6)17)28-16-13(22)12(21)11(20)9(4-18)27-16/h5-6,8-13,15-16,18-22,24H,3-4H2,1-2H3/t6-,8-,9+,10-,11+,12-,13+,15-,16-,17-/m0/s1. The highest BCUT2D eigenvalue weighted by molar-refractivity contribution is 5.90. The van der Waals surface area contributed by atoms with Crippen molar-refractivity contribution in [2.75, 3.05) is 13.7 Å². The molecule has 0 aromatic heterocycles. The minimum atomic E-state index is -1.80. The molecular weight excluding hydrogens is 380 g/mol. The van der Waals surface area contributed by atoms with Crippen LogP contribution < -0.4 is 0 Å². The fraction of sp³-hybridized carbons (Fsp3) is 0.824. The Kier molecular flexibility index (Phi) is 5.99. The minimum Gasteiger partial charge on any atom is -0.471 e. The van der Waals surface area contributed by atoms with E-state index in [4.69, 9.17) is 14.2 Å². The number of aliphatic hydroxyl groups is 6. The number of carbonyl (C=O) groups excluding carboxylic acids is 1. The zero-order valence-electron chi connectivity index (χ0n) is 15.4. The Hall–Kier alpha value is -1.31. The van der Waals surface area contributed by atoms with Gasteiger partial charge in [0.15, 0.2) is 6.29 Å². The summed E-state index contributed by atoms with van der Waals surface area (Å²) in [5.41, 5.74) is -1.97. The van der Waals surface area contributed by atoms with Gasteiger partial charge in [-0.3, -0.25) is 0 Å². The Morgan fingerprint density at radius 1 is 1.21 bits per heavy atom. The molecule has 0 amide bonds. The van der Waals surface area contributed by atoms with Gasteiger partial charge in [0, 0.05) is 6.42 Å². The molecule has 0 unspecified atom stereocenters. The molecule has 2 heterocycles. The maximum Gasteiger partial charge on any atom is 0.339 e. The molecule has 11 nitrogen and oxygen atoms in total. The van der Waals surface area contributed by atoms with Crippen LogP contribution in [-0.4, -0.2) is 99.0 Å². The van der Waals surface area contributed by atoms with Crippen molar-refractivity contribution in [1.82, 2.24) is 0 Å². The predicted molar refractivity (Wildman–Crippen MR) is 88.1 cm³/mol. The highest BCUT2D eigenvalue weighted by Gasteiger charge is 2.61. The Labute approximate surface area is 160 Å². The van der Waals surface area contributed by atoms with Crippen molar-refractivity contribution in [3.8, 4) is 0 Å². The molecule has 1 aliphatic carbocycles. The van der Waals surface area contributed by atoms with Gasteiger partial charge in [0.2, 0.25) is 6.29 Å². The summed E-state index contributed by atoms with van der Waals surface area (Å²) in [5, 5.41) is 60.6. The van der Waals surface area contributed by atoms with Gasteiger partial charge >= 0.3 is 5.97 Å². The van der Waals surface area contributed by atoms with E-state index in [2.05, 4.69) is 4.74 Å². The molecule has 0 aromatic carbocycles. The molecule has 6 N–H and O–H groups in total. The third kappa shape index (κ3) is 3.31. The van der Waals surface area contributed by atoms with E-state index < -0.39 is 73.1 Å². The van der Waals surface area contributed by atoms with Crippen LogP contribution in [0.15, 0.2) is 11.8 Å². The van der Waals surface area contributed by atoms with Crippen molar-refractivity contribution in [3.05, 3.63) is 11.8 Å². The third-order valence-electron chi connectivity index (χ3n) is 5.85. The van der Waals surface area contributed by atoms with E-state index in [1.165, 1.54) is 0 Å². The zero-order chi connectivity index (χ0) is 20.8. The molecule has 1 saturated carbocycles. The van der Waals surface area contributed by atoms with Crippen molar-refractivity contribution in [2.45, 2.75) is 62.0 Å². The van der Waals surface area contributed by atoms with Crippen LogP contribution in [0.1, 0.15) is 13.3 Å². The number of hydrogen-bond donors (Lipinski definition) is 6. The fourth-order valence-corrected chi connectivity index (χ4v) is 4.16. The van der Waals surface area contributed by atoms with E-state index in [0.717, 1.165) is 13.4 Å². The highest BCUT2D eigenvalue weighted by Crippen LogP contribution is 2.50. The Morgan fingerprint density at radius 2 is 1.89 bits per heavy atom. The molecule has 11 heteroatoms. The van der Waals surface area contributed by atoms with Crippen LogP contribution in [0.2, 0.25) is 0 Å². The molecule has 3 aliphatic rings. The quantitative estimate of drug-likeness (QED) is 0.262. The van der Waals surface area contributed by atoms with Crippen LogP contribution in [0.5, 0.6) is 0 Å². The predicted octanol–water partition coefficient (Wildman–Crippen LogP) is -3.04. The first kappa shape index (κ1) is 21.4. The van der Waals surface area contributed by atoms with Crippen LogP contribution in [0.4, 0.5) is 0 Å². The van der Waals surface area contributed by atoms with E-state index in [1.807, 2.05) is 0 Å². The molecule has 0 aromatic rings. The van der Waals surface area contributed by atoms with Gasteiger partial charge in [0.1, 0.15) is 35.6 Å². The molecule has 2 fully saturated rings. The summed E-state index contributed by atoms with van der Waals surface area (Å²) >= 11 is 0. The molecule has 160 valence electrons. The first-order valence-corrected chi connectivity index (χ1v) is 8.96. The molecular formula is C17H26O11. The summed E-state index contributed by atoms with van der Waals surface area (Å²) in [6.07, 6.45) is -8.95. The van der Waals surface area contributed by atoms with Gasteiger partial charge in [-0.25, -0.2) is 4.79 Å². The Bertz CT molecular complexity index is 622. The van der Waals surface area contributed by atoms with Gasteiger partial charge in [-0.2, -0.15) is 0 Å². The van der Waals surface area contributed by atoms with E-state index in [9.17, 15) is 35.4 Å². The lowest BCUT2D eigenvalue weighted by Crippen LogP contribution is -2.61. The van der Waals surface area contributed by atoms with Gasteiger partial charge in [-0.15, -0.1) is 0 Å². The fourth-order valence-electron chi connectivity index (χ4n) is 4.16. The zero-order valence-corrected chi connectivity index (χ0v) is 15.4. The Morgan fingerprint density at radius 3 is 2.50 bits per heavy atom. The summed E-state index contributed by atoms with van der Waals surface area (Å²) in [5.74, 6) is -2.30. The second-order valence-electron chi connectivity index (χ2n) is 7.44. The highest BCUT2D eigenvalue weighted by atomic mass is 16.8. The summed E-state index contributed by atoms with van der Waals surface area (Å²) in [4.78, 5) is 12.0. The van der Waals surface area contributed by atoms with Crippen molar-refractivity contribution < 1.29 is 54.4 Å². The number of ether oxygens (including phenoxy) is 4. The number of carbonyl (C=O) groups is 1. The molecule has 1 saturated heterocycles. The second kappa shape index (κ2) is 7.84. The summed E-state index contributed by atoms with van der Waals surface area (Å²) in [7, 11) is 1.15. The molecule has 0 radical (unpaired) electrons. The molecule has 3 rings (SSSR count). The van der Waals surface area contributed by atoms with Crippen molar-refractivity contribution in [3.63, 3.8) is 0 Å². The minimum absolute atomic E-state index is 0.155. The van der Waals surface area contributed by atoms with Gasteiger partial charge < -0.3 is 49.6 Å². The van der Waals surface area contributed by atoms with Crippen LogP contribution in [0, 0.1) is 11.8 Å². The topological polar surface area (TPSA) is 175 Å². The smallest absolute Gasteiger partial charge is 0.339 e. The third-order valence-corrected chi connectivity index (χ3v) is 5.85. The lowest BCUT2D eigenvalue weighted by molar-refractivity contribution is -0.347. The number of methoxy groups -OCH3 is 1. The normalized spacial score (nSPS) is 48.4. The first-order valence-electron chi connectivity index (χ1n) is 8.96. The first-order chi connectivity index (χ1) is 13.2. The van der Waals surface area contributed by atoms with Gasteiger partial charge in [0.25, 0.3) is 0 Å². The molecule has 28 heavy (non-hydrogen) atoms. The average Bonchev–Trinajstić information content (AvgIpc) is 2.91. The van der Waals surface area contributed by atoms with Crippen molar-refractivity contribution in [2.24, 2.45) is 11.8 Å². The van der Waals surface area contributed by atoms with Crippen LogP contribution in [-0.2, 0) is 23.7 Å². The summed E-state index contributed by atoms with van der Waals surface area (Å²) in [6.45, 7) is 1.01. The lowest BCUT2D eigenvalue weighted by atomic mass is 9.79. The Balaban J connectivity index is 1.86. The number of hydrogen-bond acceptors (Lipinski definition) is 11. The van der Waals surface area contributed by atoms with Gasteiger partial charge in [0.05, 0.1) is 32.0 Å². The van der Waals surface area contributed by atoms with E-state index in [-0.39, 0.29) is 12.0 Å². The number of esters is 1. The van der Waals surface area contributed by atoms with Crippen LogP contribution in [0.3, 0.4) is 0 Å². The van der Waals surface area contributed by atoms with Crippen LogP contribution >= 0.6 is 0 Å². The molecule has 0 bridgehead atoms. The van der Waals surface area contributed by atoms with E-state index in [0.29, 0.717) is 0 Å². The van der Waals surface area contributed by atoms with E-state index in [1.54, 1.807) is 6.92 Å². The molecule has 2 aliphatic heterocycles. The maximum atomic E-state index is 12.0. The van der Waals surface area contributed by atoms with Crippen molar-refractivity contribution in [1.29, 1.82) is 0 Å². The average molecular weight is 406 g/mol. The summed E-state index contributed by atoms with van der Waals surface area (Å²) in [6, 6.07) is 0. The second-order valence-corrected chi connectivity index (χ2v) is 7.44. The number of fused-ring (bicyclic) bond motifs is 1. The van der Waals surface area contributed by atoms with Crippen molar-refractivity contribution >= 4 is 5.97 Å². The molecule has 0 spiro atoms. The lowest BCUT2D eigenvalue weighted by Gasteiger charge is -2.44. The van der Waals surface area contributed by atoms with Crippen LogP contribution in [0.25, 0.3) is 0 Å². The van der Waals surface area contributed by atoms with E-state index >= 15 is 0 Å². The summed E-state index contributed by atoms with van der Waals surface area (Å²) < 4.78 is 21.0. The van der Waals surface area contributed by atoms with Gasteiger partial charge in [-0.05, 0) is 5.92 Å².